The molecule has 0 N–H and O–H groups in total. The molecule has 0 fully saturated rings. The number of fused-ring (bicyclic) bond motifs is 1. The summed E-state index contributed by atoms with van der Waals surface area (Å²) in [6, 6.07) is 9.68. The van der Waals surface area contributed by atoms with Crippen LogP contribution in [0, 0.1) is 11.6 Å². The number of esters is 1. The Kier molecular flexibility index (Phi) is 6.61. The Hall–Kier alpha value is -3.07. The number of methoxy groups -OCH3 is 1. The van der Waals surface area contributed by atoms with Gasteiger partial charge < -0.3 is 4.74 Å². The molecule has 0 amide bonds. The van der Waals surface area contributed by atoms with Crippen LogP contribution in [0.15, 0.2) is 52.4 Å². The van der Waals surface area contributed by atoms with Gasteiger partial charge in [0, 0.05) is 12.1 Å². The van der Waals surface area contributed by atoms with E-state index in [0.717, 1.165) is 23.9 Å². The largest absolute Gasteiger partial charge is 0.469 e. The smallest absolute Gasteiger partial charge is 0.307 e. The molecule has 30 heavy (non-hydrogen) atoms. The Morgan fingerprint density at radius 2 is 1.90 bits per heavy atom. The van der Waals surface area contributed by atoms with E-state index in [-0.39, 0.29) is 29.2 Å². The number of nitrogens with zero attached hydrogens (tertiary/aromatic N) is 2. The first-order valence-electron chi connectivity index (χ1n) is 9.04. The van der Waals surface area contributed by atoms with Gasteiger partial charge in [-0.3, -0.25) is 19.0 Å². The van der Waals surface area contributed by atoms with Gasteiger partial charge in [0.1, 0.15) is 0 Å². The summed E-state index contributed by atoms with van der Waals surface area (Å²) in [5.41, 5.74) is 0.115. The molecule has 6 nitrogen and oxygen atoms in total. The van der Waals surface area contributed by atoms with Gasteiger partial charge in [-0.05, 0) is 37.3 Å². The lowest BCUT2D eigenvalue weighted by atomic mass is 10.1. The molecule has 0 aliphatic rings. The highest BCUT2D eigenvalue weighted by molar-refractivity contribution is 8.00. The van der Waals surface area contributed by atoms with Gasteiger partial charge in [-0.25, -0.2) is 13.8 Å². The lowest BCUT2D eigenvalue weighted by Crippen LogP contribution is -2.26. The third kappa shape index (κ3) is 4.56. The van der Waals surface area contributed by atoms with Crippen LogP contribution in [0.2, 0.25) is 0 Å². The summed E-state index contributed by atoms with van der Waals surface area (Å²) in [7, 11) is 1.25. The van der Waals surface area contributed by atoms with E-state index in [1.807, 2.05) is 0 Å². The summed E-state index contributed by atoms with van der Waals surface area (Å²) in [5.74, 6) is -3.09. The van der Waals surface area contributed by atoms with Gasteiger partial charge in [0.15, 0.2) is 22.6 Å². The number of Topliss-reactive ketones (excluding diaryl/α,β-unsaturated/α-hetero) is 1. The second kappa shape index (κ2) is 9.17. The van der Waals surface area contributed by atoms with E-state index >= 15 is 0 Å². The van der Waals surface area contributed by atoms with Crippen molar-refractivity contribution < 1.29 is 23.1 Å². The van der Waals surface area contributed by atoms with Crippen LogP contribution in [0.4, 0.5) is 8.78 Å². The summed E-state index contributed by atoms with van der Waals surface area (Å²) >= 11 is 1.01. The van der Waals surface area contributed by atoms with Crippen LogP contribution in [0.1, 0.15) is 23.7 Å². The highest BCUT2D eigenvalue weighted by Gasteiger charge is 2.22. The molecule has 0 aliphatic heterocycles. The van der Waals surface area contributed by atoms with Gasteiger partial charge in [-0.2, -0.15) is 0 Å². The standard InChI is InChI=1S/C21H18F2N2O4S/c1-12(19(27)13-7-8-15(22)16(23)11-13)30-21-24-17-6-4-3-5-14(17)20(28)25(21)10-9-18(26)29-2/h3-8,11-12H,9-10H2,1-2H3. The lowest BCUT2D eigenvalue weighted by Gasteiger charge is -2.16. The number of ether oxygens (including phenoxy) is 1. The number of hydrogen-bond acceptors (Lipinski definition) is 6. The number of carbonyl (C=O) groups excluding carboxylic acids is 2. The monoisotopic (exact) mass is 432 g/mol. The van der Waals surface area contributed by atoms with E-state index in [0.29, 0.717) is 10.9 Å². The topological polar surface area (TPSA) is 78.3 Å². The molecule has 156 valence electrons. The van der Waals surface area contributed by atoms with Crippen molar-refractivity contribution in [3.05, 3.63) is 70.0 Å². The van der Waals surface area contributed by atoms with Crippen molar-refractivity contribution in [3.8, 4) is 0 Å². The summed E-state index contributed by atoms with van der Waals surface area (Å²) in [4.78, 5) is 41.7. The number of benzene rings is 2. The van der Waals surface area contributed by atoms with E-state index in [2.05, 4.69) is 9.72 Å². The maximum atomic E-state index is 13.5. The third-order valence-corrected chi connectivity index (χ3v) is 5.54. The molecule has 3 rings (SSSR count). The minimum atomic E-state index is -1.11. The molecule has 0 radical (unpaired) electrons. The van der Waals surface area contributed by atoms with E-state index in [9.17, 15) is 23.2 Å². The number of ketones is 1. The van der Waals surface area contributed by atoms with Crippen LogP contribution in [0.25, 0.3) is 10.9 Å². The Labute approximate surface area is 174 Å². The quantitative estimate of drug-likeness (QED) is 0.246. The van der Waals surface area contributed by atoms with Crippen molar-refractivity contribution in [1.29, 1.82) is 0 Å². The SMILES string of the molecule is COC(=O)CCn1c(SC(C)C(=O)c2ccc(F)c(F)c2)nc2ccccc2c1=O. The minimum Gasteiger partial charge on any atom is -0.469 e. The Bertz CT molecular complexity index is 1180. The van der Waals surface area contributed by atoms with Crippen LogP contribution in [0.3, 0.4) is 0 Å². The fraction of sp³-hybridized carbons (Fsp3) is 0.238. The molecule has 0 bridgehead atoms. The van der Waals surface area contributed by atoms with Crippen molar-refractivity contribution in [1.82, 2.24) is 9.55 Å². The zero-order valence-corrected chi connectivity index (χ0v) is 17.0. The molecule has 0 saturated carbocycles. The Morgan fingerprint density at radius 3 is 2.60 bits per heavy atom. The van der Waals surface area contributed by atoms with Crippen LogP contribution < -0.4 is 5.56 Å². The van der Waals surface area contributed by atoms with Gasteiger partial charge in [-0.15, -0.1) is 0 Å². The average molecular weight is 432 g/mol. The average Bonchev–Trinajstić information content (AvgIpc) is 2.74. The zero-order chi connectivity index (χ0) is 21.8. The first kappa shape index (κ1) is 21.6. The number of aromatic nitrogens is 2. The van der Waals surface area contributed by atoms with Crippen LogP contribution in [-0.2, 0) is 16.1 Å². The molecule has 0 saturated heterocycles. The van der Waals surface area contributed by atoms with Crippen molar-refractivity contribution >= 4 is 34.4 Å². The number of thioether (sulfide) groups is 1. The molecule has 0 spiro atoms. The first-order chi connectivity index (χ1) is 14.3. The lowest BCUT2D eigenvalue weighted by molar-refractivity contribution is -0.140. The minimum absolute atomic E-state index is 0.0122. The number of halogens is 2. The predicted molar refractivity (Wildman–Crippen MR) is 109 cm³/mol. The van der Waals surface area contributed by atoms with E-state index in [4.69, 9.17) is 0 Å². The van der Waals surface area contributed by atoms with Gasteiger partial charge in [0.2, 0.25) is 0 Å². The fourth-order valence-electron chi connectivity index (χ4n) is 2.84. The summed E-state index contributed by atoms with van der Waals surface area (Å²) in [5, 5.41) is -0.121. The molecule has 1 unspecified atom stereocenters. The predicted octanol–water partition coefficient (Wildman–Crippen LogP) is 3.60. The number of para-hydroxylation sites is 1. The Morgan fingerprint density at radius 1 is 1.17 bits per heavy atom. The normalized spacial score (nSPS) is 12.0. The molecule has 2 aromatic carbocycles. The van der Waals surface area contributed by atoms with Gasteiger partial charge in [0.05, 0.1) is 29.7 Å². The first-order valence-corrected chi connectivity index (χ1v) is 9.92. The maximum absolute atomic E-state index is 13.5. The van der Waals surface area contributed by atoms with Gasteiger partial charge in [0.25, 0.3) is 5.56 Å². The summed E-state index contributed by atoms with van der Waals surface area (Å²) in [6.07, 6.45) is -0.0461. The molecule has 0 aliphatic carbocycles. The van der Waals surface area contributed by atoms with Crippen LogP contribution >= 0.6 is 11.8 Å². The molecular formula is C21H18F2N2O4S. The summed E-state index contributed by atoms with van der Waals surface area (Å²) in [6.45, 7) is 1.61. The second-order valence-electron chi connectivity index (χ2n) is 6.45. The van der Waals surface area contributed by atoms with Crippen LogP contribution in [-0.4, -0.2) is 33.7 Å². The molecule has 1 aromatic heterocycles. The van der Waals surface area contributed by atoms with Crippen molar-refractivity contribution in [2.24, 2.45) is 0 Å². The van der Waals surface area contributed by atoms with Gasteiger partial charge in [-0.1, -0.05) is 23.9 Å². The third-order valence-electron chi connectivity index (χ3n) is 4.45. The number of hydrogen-bond donors (Lipinski definition) is 0. The Balaban J connectivity index is 1.96. The van der Waals surface area contributed by atoms with Gasteiger partial charge >= 0.3 is 5.97 Å². The van der Waals surface area contributed by atoms with Crippen molar-refractivity contribution in [2.75, 3.05) is 7.11 Å². The van der Waals surface area contributed by atoms with Crippen molar-refractivity contribution in [2.45, 2.75) is 30.3 Å². The van der Waals surface area contributed by atoms with Crippen molar-refractivity contribution in [3.63, 3.8) is 0 Å². The second-order valence-corrected chi connectivity index (χ2v) is 7.76. The van der Waals surface area contributed by atoms with E-state index in [1.54, 1.807) is 31.2 Å². The van der Waals surface area contributed by atoms with E-state index in [1.165, 1.54) is 17.7 Å². The molecule has 9 heteroatoms. The molecule has 3 aromatic rings. The highest BCUT2D eigenvalue weighted by Crippen LogP contribution is 2.26. The summed E-state index contributed by atoms with van der Waals surface area (Å²) < 4.78 is 32.6. The maximum Gasteiger partial charge on any atom is 0.307 e. The fourth-order valence-corrected chi connectivity index (χ4v) is 3.85. The highest BCUT2D eigenvalue weighted by atomic mass is 32.2. The number of rotatable bonds is 7. The van der Waals surface area contributed by atoms with E-state index < -0.39 is 28.6 Å². The molecular weight excluding hydrogens is 414 g/mol. The molecule has 1 heterocycles. The molecule has 1 atom stereocenters. The van der Waals surface area contributed by atoms with Crippen LogP contribution in [0.5, 0.6) is 0 Å². The zero-order valence-electron chi connectivity index (χ0n) is 16.2. The number of carbonyl (C=O) groups is 2.